The van der Waals surface area contributed by atoms with Crippen LogP contribution in [0.25, 0.3) is 0 Å². The molecule has 0 aromatic heterocycles. The van der Waals surface area contributed by atoms with Gasteiger partial charge in [-0.1, -0.05) is 17.7 Å². The van der Waals surface area contributed by atoms with Crippen LogP contribution in [0.3, 0.4) is 0 Å². The van der Waals surface area contributed by atoms with Crippen molar-refractivity contribution in [2.75, 3.05) is 0 Å². The summed E-state index contributed by atoms with van der Waals surface area (Å²) < 4.78 is 65.2. The minimum atomic E-state index is -4.67. The molecule has 0 fully saturated rings. The Bertz CT molecular complexity index is 664. The maximum Gasteiger partial charge on any atom is 0.416 e. The Morgan fingerprint density at radius 3 is 2.00 bits per heavy atom. The van der Waals surface area contributed by atoms with Gasteiger partial charge in [0.05, 0.1) is 5.56 Å². The van der Waals surface area contributed by atoms with Gasteiger partial charge < -0.3 is 5.11 Å². The van der Waals surface area contributed by atoms with Gasteiger partial charge in [0.25, 0.3) is 0 Å². The van der Waals surface area contributed by atoms with E-state index < -0.39 is 35.0 Å². The molecule has 0 saturated heterocycles. The highest BCUT2D eigenvalue weighted by Crippen LogP contribution is 2.34. The third-order valence-corrected chi connectivity index (χ3v) is 3.06. The highest BCUT2D eigenvalue weighted by Gasteiger charge is 2.32. The van der Waals surface area contributed by atoms with E-state index in [0.29, 0.717) is 23.8 Å². The standard InChI is InChI=1S/C15H11F5O/c1-8-2-4-12(16)10(6-8)14(21)11-7-9(15(18,19)20)3-5-13(11)17/h2-7,14,21H,1H3. The average Bonchev–Trinajstić information content (AvgIpc) is 2.40. The highest BCUT2D eigenvalue weighted by atomic mass is 19.4. The third kappa shape index (κ3) is 3.21. The van der Waals surface area contributed by atoms with E-state index in [2.05, 4.69) is 0 Å². The van der Waals surface area contributed by atoms with Gasteiger partial charge >= 0.3 is 6.18 Å². The monoisotopic (exact) mass is 302 g/mol. The largest absolute Gasteiger partial charge is 0.416 e. The van der Waals surface area contributed by atoms with E-state index in [0.717, 1.165) is 6.07 Å². The molecule has 1 atom stereocenters. The van der Waals surface area contributed by atoms with Gasteiger partial charge in [-0.15, -0.1) is 0 Å². The summed E-state index contributed by atoms with van der Waals surface area (Å²) in [6.07, 6.45) is -6.49. The zero-order valence-electron chi connectivity index (χ0n) is 10.9. The number of rotatable bonds is 2. The van der Waals surface area contributed by atoms with Crippen molar-refractivity contribution in [1.82, 2.24) is 0 Å². The van der Waals surface area contributed by atoms with Crippen LogP contribution in [-0.4, -0.2) is 5.11 Å². The molecule has 1 nitrogen and oxygen atoms in total. The summed E-state index contributed by atoms with van der Waals surface area (Å²) in [6, 6.07) is 5.43. The molecule has 21 heavy (non-hydrogen) atoms. The number of benzene rings is 2. The van der Waals surface area contributed by atoms with Crippen LogP contribution in [0.2, 0.25) is 0 Å². The first-order valence-electron chi connectivity index (χ1n) is 6.01. The second kappa shape index (κ2) is 5.44. The number of alkyl halides is 3. The van der Waals surface area contributed by atoms with Crippen molar-refractivity contribution < 1.29 is 27.1 Å². The Morgan fingerprint density at radius 1 is 0.905 bits per heavy atom. The summed E-state index contributed by atoms with van der Waals surface area (Å²) in [5, 5.41) is 10.0. The molecular formula is C15H11F5O. The maximum absolute atomic E-state index is 13.7. The number of aliphatic hydroxyl groups is 1. The van der Waals surface area contributed by atoms with E-state index in [1.54, 1.807) is 6.92 Å². The zero-order chi connectivity index (χ0) is 15.8. The van der Waals surface area contributed by atoms with E-state index in [-0.39, 0.29) is 5.56 Å². The summed E-state index contributed by atoms with van der Waals surface area (Å²) in [4.78, 5) is 0. The molecule has 1 unspecified atom stereocenters. The Labute approximate surface area is 117 Å². The van der Waals surface area contributed by atoms with Gasteiger partial charge in [0, 0.05) is 11.1 Å². The Kier molecular flexibility index (Phi) is 4.00. The van der Waals surface area contributed by atoms with Crippen molar-refractivity contribution in [1.29, 1.82) is 0 Å². The number of aliphatic hydroxyl groups excluding tert-OH is 1. The lowest BCUT2D eigenvalue weighted by Crippen LogP contribution is -2.10. The topological polar surface area (TPSA) is 20.2 Å². The van der Waals surface area contributed by atoms with E-state index in [9.17, 15) is 27.1 Å². The number of hydrogen-bond donors (Lipinski definition) is 1. The molecule has 6 heteroatoms. The van der Waals surface area contributed by atoms with Crippen LogP contribution in [0.1, 0.15) is 28.4 Å². The average molecular weight is 302 g/mol. The van der Waals surface area contributed by atoms with Crippen LogP contribution in [0.15, 0.2) is 36.4 Å². The SMILES string of the molecule is Cc1ccc(F)c(C(O)c2cc(C(F)(F)F)ccc2F)c1. The van der Waals surface area contributed by atoms with Crippen LogP contribution in [0, 0.1) is 18.6 Å². The number of aryl methyl sites for hydroxylation is 1. The zero-order valence-corrected chi connectivity index (χ0v) is 10.9. The van der Waals surface area contributed by atoms with Crippen LogP contribution >= 0.6 is 0 Å². The quantitative estimate of drug-likeness (QED) is 0.817. The molecule has 0 spiro atoms. The summed E-state index contributed by atoms with van der Waals surface area (Å²) >= 11 is 0. The molecule has 0 aliphatic rings. The van der Waals surface area contributed by atoms with E-state index in [4.69, 9.17) is 0 Å². The van der Waals surface area contributed by atoms with Crippen molar-refractivity contribution in [3.8, 4) is 0 Å². The predicted octanol–water partition coefficient (Wildman–Crippen LogP) is 4.37. The Balaban J connectivity index is 2.52. The van der Waals surface area contributed by atoms with E-state index in [1.165, 1.54) is 12.1 Å². The minimum Gasteiger partial charge on any atom is -0.383 e. The first-order chi connectivity index (χ1) is 9.70. The molecule has 0 amide bonds. The highest BCUT2D eigenvalue weighted by molar-refractivity contribution is 5.36. The molecule has 2 rings (SSSR count). The predicted molar refractivity (Wildman–Crippen MR) is 66.6 cm³/mol. The van der Waals surface area contributed by atoms with Gasteiger partial charge in [-0.3, -0.25) is 0 Å². The Hall–Kier alpha value is -1.95. The van der Waals surface area contributed by atoms with Crippen molar-refractivity contribution in [3.05, 3.63) is 70.3 Å². The molecule has 0 aliphatic heterocycles. The van der Waals surface area contributed by atoms with Gasteiger partial charge in [-0.25, -0.2) is 8.78 Å². The lowest BCUT2D eigenvalue weighted by molar-refractivity contribution is -0.137. The van der Waals surface area contributed by atoms with Crippen molar-refractivity contribution in [3.63, 3.8) is 0 Å². The van der Waals surface area contributed by atoms with Crippen LogP contribution < -0.4 is 0 Å². The maximum atomic E-state index is 13.7. The molecular weight excluding hydrogens is 291 g/mol. The van der Waals surface area contributed by atoms with Crippen molar-refractivity contribution >= 4 is 0 Å². The van der Waals surface area contributed by atoms with E-state index >= 15 is 0 Å². The van der Waals surface area contributed by atoms with Gasteiger partial charge in [0.1, 0.15) is 17.7 Å². The fraction of sp³-hybridized carbons (Fsp3) is 0.200. The summed E-state index contributed by atoms with van der Waals surface area (Å²) in [7, 11) is 0. The fourth-order valence-electron chi connectivity index (χ4n) is 1.97. The van der Waals surface area contributed by atoms with Crippen LogP contribution in [-0.2, 0) is 6.18 Å². The van der Waals surface area contributed by atoms with Gasteiger partial charge in [-0.05, 0) is 31.2 Å². The summed E-state index contributed by atoms with van der Waals surface area (Å²) in [5.41, 5.74) is -1.40. The summed E-state index contributed by atoms with van der Waals surface area (Å²) in [6.45, 7) is 1.62. The van der Waals surface area contributed by atoms with Crippen molar-refractivity contribution in [2.24, 2.45) is 0 Å². The molecule has 0 radical (unpaired) electrons. The van der Waals surface area contributed by atoms with Gasteiger partial charge in [0.2, 0.25) is 0 Å². The van der Waals surface area contributed by atoms with Crippen molar-refractivity contribution in [2.45, 2.75) is 19.2 Å². The molecule has 1 N–H and O–H groups in total. The molecule has 0 bridgehead atoms. The Morgan fingerprint density at radius 2 is 1.43 bits per heavy atom. The van der Waals surface area contributed by atoms with Gasteiger partial charge in [-0.2, -0.15) is 13.2 Å². The van der Waals surface area contributed by atoms with Crippen LogP contribution in [0.4, 0.5) is 22.0 Å². The first kappa shape index (κ1) is 15.4. The normalized spacial score (nSPS) is 13.3. The molecule has 0 heterocycles. The second-order valence-electron chi connectivity index (χ2n) is 4.66. The first-order valence-corrected chi connectivity index (χ1v) is 6.01. The lowest BCUT2D eigenvalue weighted by Gasteiger charge is -2.16. The minimum absolute atomic E-state index is 0.270. The molecule has 0 saturated carbocycles. The molecule has 112 valence electrons. The number of hydrogen-bond acceptors (Lipinski definition) is 1. The molecule has 2 aromatic carbocycles. The van der Waals surface area contributed by atoms with E-state index in [1.807, 2.05) is 0 Å². The van der Waals surface area contributed by atoms with Gasteiger partial charge in [0.15, 0.2) is 0 Å². The molecule has 0 aliphatic carbocycles. The lowest BCUT2D eigenvalue weighted by atomic mass is 9.97. The third-order valence-electron chi connectivity index (χ3n) is 3.06. The number of halogens is 5. The van der Waals surface area contributed by atoms with Crippen LogP contribution in [0.5, 0.6) is 0 Å². The second-order valence-corrected chi connectivity index (χ2v) is 4.66. The fourth-order valence-corrected chi connectivity index (χ4v) is 1.97. The molecule has 2 aromatic rings. The summed E-state index contributed by atoms with van der Waals surface area (Å²) in [5.74, 6) is -1.85. The smallest absolute Gasteiger partial charge is 0.383 e.